The Morgan fingerprint density at radius 3 is 1.71 bits per heavy atom. The number of nitrogens with one attached hydrogen (secondary N) is 4. The first kappa shape index (κ1) is 23.5. The standard InChI is InChI=1S/C22H31N7O2/c1-29(13-3-15-31-19-10-6-17(7-11-19)21(25)26)22(27)28-12-2-14-30-18-8-4-16(5-9-18)20(23)24/h4-11H,2-3,12-15H2,1H3,(H3,23,24)(H3,25,26)(H2,27,28). The molecule has 0 bridgehead atoms. The zero-order chi connectivity index (χ0) is 22.6. The molecule has 0 atom stereocenters. The van der Waals surface area contributed by atoms with E-state index in [0.29, 0.717) is 43.4 Å². The zero-order valence-corrected chi connectivity index (χ0v) is 17.8. The highest BCUT2D eigenvalue weighted by Gasteiger charge is 2.04. The fraction of sp³-hybridized carbons (Fsp3) is 0.318. The molecule has 0 heterocycles. The van der Waals surface area contributed by atoms with Gasteiger partial charge in [0.2, 0.25) is 0 Å². The lowest BCUT2D eigenvalue weighted by molar-refractivity contribution is 0.292. The smallest absolute Gasteiger partial charge is 0.190 e. The van der Waals surface area contributed by atoms with E-state index in [-0.39, 0.29) is 11.7 Å². The minimum absolute atomic E-state index is 0.0354. The van der Waals surface area contributed by atoms with E-state index in [1.54, 1.807) is 48.5 Å². The molecule has 31 heavy (non-hydrogen) atoms. The molecule has 0 aliphatic carbocycles. The molecule has 9 heteroatoms. The van der Waals surface area contributed by atoms with Crippen LogP contribution in [0.5, 0.6) is 11.5 Å². The number of nitrogens with zero attached hydrogens (tertiary/aromatic N) is 1. The van der Waals surface area contributed by atoms with Gasteiger partial charge in [-0.25, -0.2) is 0 Å². The summed E-state index contributed by atoms with van der Waals surface area (Å²) in [6, 6.07) is 14.2. The highest BCUT2D eigenvalue weighted by molar-refractivity contribution is 5.95. The summed E-state index contributed by atoms with van der Waals surface area (Å²) in [6.45, 7) is 2.39. The molecule has 0 aromatic heterocycles. The van der Waals surface area contributed by atoms with Gasteiger partial charge in [-0.15, -0.1) is 0 Å². The Labute approximate surface area is 182 Å². The molecule has 0 radical (unpaired) electrons. The average Bonchev–Trinajstić information content (AvgIpc) is 2.76. The van der Waals surface area contributed by atoms with Crippen molar-refractivity contribution >= 4 is 17.6 Å². The topological polar surface area (TPSA) is 157 Å². The van der Waals surface area contributed by atoms with Gasteiger partial charge in [0.1, 0.15) is 23.2 Å². The van der Waals surface area contributed by atoms with Gasteiger partial charge in [-0.05, 0) is 61.4 Å². The quantitative estimate of drug-likeness (QED) is 0.173. The molecule has 0 saturated carbocycles. The summed E-state index contributed by atoms with van der Waals surface area (Å²) < 4.78 is 11.3. The Kier molecular flexibility index (Phi) is 9.15. The van der Waals surface area contributed by atoms with Crippen LogP contribution in [0.3, 0.4) is 0 Å². The normalized spacial score (nSPS) is 10.2. The number of hydrogen-bond donors (Lipinski definition) is 6. The van der Waals surface area contributed by atoms with Gasteiger partial charge >= 0.3 is 0 Å². The first-order valence-electron chi connectivity index (χ1n) is 10.0. The summed E-state index contributed by atoms with van der Waals surface area (Å²) >= 11 is 0. The summed E-state index contributed by atoms with van der Waals surface area (Å²) in [5, 5.41) is 25.9. The van der Waals surface area contributed by atoms with Crippen LogP contribution in [-0.2, 0) is 0 Å². The van der Waals surface area contributed by atoms with Crippen molar-refractivity contribution in [2.75, 3.05) is 33.4 Å². The number of hydrogen-bond acceptors (Lipinski definition) is 5. The lowest BCUT2D eigenvalue weighted by Gasteiger charge is -2.21. The molecule has 0 unspecified atom stereocenters. The van der Waals surface area contributed by atoms with Gasteiger partial charge in [0.05, 0.1) is 13.2 Å². The van der Waals surface area contributed by atoms with Gasteiger partial charge in [0.15, 0.2) is 5.96 Å². The molecule has 0 spiro atoms. The van der Waals surface area contributed by atoms with Gasteiger partial charge in [0.25, 0.3) is 0 Å². The maximum atomic E-state index is 8.09. The molecule has 166 valence electrons. The third-order valence-corrected chi connectivity index (χ3v) is 4.50. The van der Waals surface area contributed by atoms with Crippen LogP contribution in [0.4, 0.5) is 0 Å². The first-order chi connectivity index (χ1) is 14.9. The van der Waals surface area contributed by atoms with Gasteiger partial charge in [0, 0.05) is 31.3 Å². The number of guanidine groups is 1. The fourth-order valence-electron chi connectivity index (χ4n) is 2.67. The molecule has 0 aliphatic rings. The Bertz CT molecular complexity index is 866. The van der Waals surface area contributed by atoms with E-state index in [2.05, 4.69) is 5.32 Å². The van der Waals surface area contributed by atoms with E-state index in [4.69, 9.17) is 37.2 Å². The van der Waals surface area contributed by atoms with Crippen LogP contribution in [0.1, 0.15) is 24.0 Å². The van der Waals surface area contributed by atoms with Crippen molar-refractivity contribution in [1.29, 1.82) is 16.2 Å². The number of nitrogens with two attached hydrogens (primary N) is 2. The molecule has 0 aliphatic heterocycles. The monoisotopic (exact) mass is 425 g/mol. The number of amidine groups is 2. The van der Waals surface area contributed by atoms with Gasteiger partial charge in [-0.2, -0.15) is 0 Å². The minimum Gasteiger partial charge on any atom is -0.494 e. The predicted molar refractivity (Wildman–Crippen MR) is 123 cm³/mol. The van der Waals surface area contributed by atoms with Crippen LogP contribution in [0, 0.1) is 16.2 Å². The number of rotatable bonds is 12. The molecule has 2 rings (SSSR count). The van der Waals surface area contributed by atoms with E-state index in [0.717, 1.165) is 24.3 Å². The Morgan fingerprint density at radius 1 is 0.806 bits per heavy atom. The van der Waals surface area contributed by atoms with Crippen molar-refractivity contribution in [2.45, 2.75) is 12.8 Å². The van der Waals surface area contributed by atoms with Gasteiger partial charge in [-0.1, -0.05) is 0 Å². The number of ether oxygens (including phenoxy) is 2. The van der Waals surface area contributed by atoms with E-state index < -0.39 is 0 Å². The Balaban J connectivity index is 1.55. The van der Waals surface area contributed by atoms with E-state index >= 15 is 0 Å². The van der Waals surface area contributed by atoms with Gasteiger partial charge in [-0.3, -0.25) is 16.2 Å². The third-order valence-electron chi connectivity index (χ3n) is 4.50. The maximum absolute atomic E-state index is 8.09. The number of benzene rings is 2. The van der Waals surface area contributed by atoms with Gasteiger partial charge < -0.3 is 31.2 Å². The van der Waals surface area contributed by atoms with Crippen LogP contribution >= 0.6 is 0 Å². The summed E-state index contributed by atoms with van der Waals surface area (Å²) in [5.74, 6) is 1.89. The molecular weight excluding hydrogens is 394 g/mol. The van der Waals surface area contributed by atoms with Crippen molar-refractivity contribution in [3.63, 3.8) is 0 Å². The summed E-state index contributed by atoms with van der Waals surface area (Å²) in [7, 11) is 1.87. The van der Waals surface area contributed by atoms with E-state index in [1.807, 2.05) is 11.9 Å². The predicted octanol–water partition coefficient (Wildman–Crippen LogP) is 1.95. The highest BCUT2D eigenvalue weighted by Crippen LogP contribution is 2.13. The highest BCUT2D eigenvalue weighted by atomic mass is 16.5. The summed E-state index contributed by atoms with van der Waals surface area (Å²) in [6.07, 6.45) is 1.53. The molecule has 0 fully saturated rings. The lowest BCUT2D eigenvalue weighted by Crippen LogP contribution is -2.39. The maximum Gasteiger partial charge on any atom is 0.190 e. The molecule has 0 amide bonds. The molecule has 9 nitrogen and oxygen atoms in total. The zero-order valence-electron chi connectivity index (χ0n) is 17.8. The van der Waals surface area contributed by atoms with Crippen LogP contribution in [0.15, 0.2) is 48.5 Å². The van der Waals surface area contributed by atoms with Crippen LogP contribution in [0.2, 0.25) is 0 Å². The molecule has 8 N–H and O–H groups in total. The lowest BCUT2D eigenvalue weighted by atomic mass is 10.2. The van der Waals surface area contributed by atoms with Crippen molar-refractivity contribution < 1.29 is 9.47 Å². The largest absolute Gasteiger partial charge is 0.494 e. The van der Waals surface area contributed by atoms with Crippen molar-refractivity contribution in [3.05, 3.63) is 59.7 Å². The first-order valence-corrected chi connectivity index (χ1v) is 10.0. The molecule has 0 saturated heterocycles. The van der Waals surface area contributed by atoms with E-state index in [9.17, 15) is 0 Å². The van der Waals surface area contributed by atoms with Crippen molar-refractivity contribution in [3.8, 4) is 11.5 Å². The van der Waals surface area contributed by atoms with Crippen LogP contribution in [0.25, 0.3) is 0 Å². The minimum atomic E-state index is 0.0354. The van der Waals surface area contributed by atoms with Crippen LogP contribution < -0.4 is 26.3 Å². The second kappa shape index (κ2) is 12.1. The molecule has 2 aromatic rings. The third kappa shape index (κ3) is 8.25. The fourth-order valence-corrected chi connectivity index (χ4v) is 2.67. The molecular formula is C22H31N7O2. The second-order valence-corrected chi connectivity index (χ2v) is 6.98. The van der Waals surface area contributed by atoms with Crippen LogP contribution in [-0.4, -0.2) is 55.9 Å². The second-order valence-electron chi connectivity index (χ2n) is 6.98. The van der Waals surface area contributed by atoms with E-state index in [1.165, 1.54) is 0 Å². The van der Waals surface area contributed by atoms with Crippen molar-refractivity contribution in [2.24, 2.45) is 11.5 Å². The van der Waals surface area contributed by atoms with Crippen molar-refractivity contribution in [1.82, 2.24) is 10.2 Å². The summed E-state index contributed by atoms with van der Waals surface area (Å²) in [5.41, 5.74) is 12.2. The average molecular weight is 426 g/mol. The Morgan fingerprint density at radius 2 is 1.26 bits per heavy atom. The molecule has 2 aromatic carbocycles. The Hall–Kier alpha value is -3.75. The SMILES string of the molecule is CN(CCCOc1ccc(C(=N)N)cc1)C(=N)NCCCOc1ccc(C(=N)N)cc1. The number of nitrogen functional groups attached to an aromatic ring is 2. The summed E-state index contributed by atoms with van der Waals surface area (Å²) in [4.78, 5) is 1.84.